The van der Waals surface area contributed by atoms with Crippen LogP contribution in [0.15, 0.2) is 24.4 Å². The summed E-state index contributed by atoms with van der Waals surface area (Å²) in [5.41, 5.74) is -0.140. The van der Waals surface area contributed by atoms with Crippen LogP contribution in [0.3, 0.4) is 0 Å². The molecule has 3 aliphatic heterocycles. The minimum atomic E-state index is -0.461. The van der Waals surface area contributed by atoms with Crippen molar-refractivity contribution in [3.05, 3.63) is 30.1 Å². The molecule has 2 aromatic rings. The fourth-order valence-electron chi connectivity index (χ4n) is 4.70. The molecule has 4 amide bonds. The first-order valence-electron chi connectivity index (χ1n) is 11.1. The first-order chi connectivity index (χ1) is 15.7. The van der Waals surface area contributed by atoms with Gasteiger partial charge in [0, 0.05) is 25.6 Å². The number of carbonyl (C=O) groups excluding carboxylic acids is 3. The number of urea groups is 1. The van der Waals surface area contributed by atoms with E-state index in [9.17, 15) is 14.4 Å². The van der Waals surface area contributed by atoms with Gasteiger partial charge < -0.3 is 16.0 Å². The molecule has 174 valence electrons. The summed E-state index contributed by atoms with van der Waals surface area (Å²) < 4.78 is 1.57. The zero-order valence-corrected chi connectivity index (χ0v) is 19.0. The van der Waals surface area contributed by atoms with Crippen LogP contribution in [0, 0.1) is 5.41 Å². The quantitative estimate of drug-likeness (QED) is 0.638. The average Bonchev–Trinajstić information content (AvgIpc) is 3.52. The highest BCUT2D eigenvalue weighted by Gasteiger charge is 2.45. The lowest BCUT2D eigenvalue weighted by molar-refractivity contribution is -0.124. The number of carbonyl (C=O) groups is 3. The Morgan fingerprint density at radius 1 is 1.18 bits per heavy atom. The van der Waals surface area contributed by atoms with E-state index >= 15 is 0 Å². The van der Waals surface area contributed by atoms with Crippen molar-refractivity contribution in [2.24, 2.45) is 12.5 Å². The Bertz CT molecular complexity index is 1130. The van der Waals surface area contributed by atoms with Crippen molar-refractivity contribution in [1.29, 1.82) is 0 Å². The number of amides is 4. The minimum Gasteiger partial charge on any atom is -0.329 e. The number of rotatable bonds is 4. The standard InChI is InChI=1S/C22H28N8O3/c1-21(2)8-10-29(19(21)32)17-15(11-28(3)27-17)25-18(31)14-5-4-6-16(24-14)30-13-22(26-20(30)33)7-9-23-12-22/h4-6,11,23H,7-10,12-13H2,1-3H3,(H,25,31)(H,26,33). The van der Waals surface area contributed by atoms with E-state index in [4.69, 9.17) is 0 Å². The molecule has 0 radical (unpaired) electrons. The number of nitrogens with one attached hydrogen (secondary N) is 3. The number of anilines is 3. The normalized spacial score (nSPS) is 24.1. The number of pyridine rings is 1. The summed E-state index contributed by atoms with van der Waals surface area (Å²) in [6.07, 6.45) is 3.24. The molecule has 3 aliphatic rings. The van der Waals surface area contributed by atoms with Gasteiger partial charge in [-0.05, 0) is 31.5 Å². The van der Waals surface area contributed by atoms with Crippen LogP contribution in [-0.2, 0) is 11.8 Å². The van der Waals surface area contributed by atoms with E-state index < -0.39 is 11.3 Å². The highest BCUT2D eigenvalue weighted by Crippen LogP contribution is 2.36. The molecule has 5 heterocycles. The molecule has 11 nitrogen and oxygen atoms in total. The Kier molecular flexibility index (Phi) is 4.89. The van der Waals surface area contributed by atoms with E-state index in [-0.39, 0.29) is 23.2 Å². The van der Waals surface area contributed by atoms with Crippen LogP contribution >= 0.6 is 0 Å². The monoisotopic (exact) mass is 452 g/mol. The number of aromatic nitrogens is 3. The second-order valence-electron chi connectivity index (χ2n) is 9.69. The van der Waals surface area contributed by atoms with Gasteiger partial charge in [0.25, 0.3) is 5.91 Å². The molecule has 1 spiro atoms. The van der Waals surface area contributed by atoms with Crippen molar-refractivity contribution in [3.63, 3.8) is 0 Å². The van der Waals surface area contributed by atoms with Crippen molar-refractivity contribution in [2.45, 2.75) is 32.2 Å². The molecule has 1 atom stereocenters. The predicted octanol–water partition coefficient (Wildman–Crippen LogP) is 1.09. The smallest absolute Gasteiger partial charge is 0.323 e. The van der Waals surface area contributed by atoms with Gasteiger partial charge in [-0.3, -0.25) is 24.1 Å². The van der Waals surface area contributed by atoms with Crippen LogP contribution < -0.4 is 25.8 Å². The minimum absolute atomic E-state index is 0.0211. The van der Waals surface area contributed by atoms with Gasteiger partial charge in [0.1, 0.15) is 17.2 Å². The Labute approximate surface area is 191 Å². The molecule has 0 aromatic carbocycles. The number of aryl methyl sites for hydroxylation is 1. The lowest BCUT2D eigenvalue weighted by Crippen LogP contribution is -2.45. The Balaban J connectivity index is 1.36. The van der Waals surface area contributed by atoms with Crippen LogP contribution in [0.1, 0.15) is 37.2 Å². The van der Waals surface area contributed by atoms with E-state index in [0.29, 0.717) is 43.4 Å². The fourth-order valence-corrected chi connectivity index (χ4v) is 4.70. The molecule has 0 bridgehead atoms. The van der Waals surface area contributed by atoms with Gasteiger partial charge in [0.2, 0.25) is 5.91 Å². The third kappa shape index (κ3) is 3.71. The van der Waals surface area contributed by atoms with Gasteiger partial charge >= 0.3 is 6.03 Å². The number of hydrogen-bond acceptors (Lipinski definition) is 6. The zero-order valence-electron chi connectivity index (χ0n) is 19.0. The molecule has 3 fully saturated rings. The van der Waals surface area contributed by atoms with Crippen molar-refractivity contribution in [1.82, 2.24) is 25.4 Å². The number of nitrogens with zero attached hydrogens (tertiary/aromatic N) is 5. The van der Waals surface area contributed by atoms with Gasteiger partial charge in [-0.1, -0.05) is 19.9 Å². The molecule has 3 saturated heterocycles. The van der Waals surface area contributed by atoms with Gasteiger partial charge in [-0.2, -0.15) is 5.10 Å². The van der Waals surface area contributed by atoms with Gasteiger partial charge in [0.05, 0.1) is 18.3 Å². The molecule has 1 unspecified atom stereocenters. The summed E-state index contributed by atoms with van der Waals surface area (Å²) in [4.78, 5) is 46.1. The van der Waals surface area contributed by atoms with E-state index in [1.165, 1.54) is 0 Å². The summed E-state index contributed by atoms with van der Waals surface area (Å²) in [6.45, 7) is 6.43. The molecule has 0 saturated carbocycles. The van der Waals surface area contributed by atoms with E-state index in [1.807, 2.05) is 13.8 Å². The lowest BCUT2D eigenvalue weighted by atomic mass is 9.92. The van der Waals surface area contributed by atoms with Crippen LogP contribution in [-0.4, -0.2) is 64.3 Å². The first kappa shape index (κ1) is 21.4. The van der Waals surface area contributed by atoms with Gasteiger partial charge in [0.15, 0.2) is 5.82 Å². The summed E-state index contributed by atoms with van der Waals surface area (Å²) >= 11 is 0. The summed E-state index contributed by atoms with van der Waals surface area (Å²) in [6, 6.07) is 4.81. The Morgan fingerprint density at radius 3 is 2.70 bits per heavy atom. The summed E-state index contributed by atoms with van der Waals surface area (Å²) in [5.74, 6) is 0.389. The maximum absolute atomic E-state index is 13.1. The molecule has 5 rings (SSSR count). The van der Waals surface area contributed by atoms with Gasteiger partial charge in [-0.25, -0.2) is 9.78 Å². The third-order valence-electron chi connectivity index (χ3n) is 6.66. The van der Waals surface area contributed by atoms with Crippen LogP contribution in [0.4, 0.5) is 22.1 Å². The molecule has 2 aromatic heterocycles. The molecular weight excluding hydrogens is 424 g/mol. The van der Waals surface area contributed by atoms with Crippen molar-refractivity contribution >= 4 is 35.2 Å². The van der Waals surface area contributed by atoms with E-state index in [2.05, 4.69) is 26.0 Å². The van der Waals surface area contributed by atoms with Crippen molar-refractivity contribution < 1.29 is 14.4 Å². The molecule has 33 heavy (non-hydrogen) atoms. The maximum atomic E-state index is 13.1. The Morgan fingerprint density at radius 2 is 2.00 bits per heavy atom. The second-order valence-corrected chi connectivity index (χ2v) is 9.69. The highest BCUT2D eigenvalue weighted by atomic mass is 16.2. The van der Waals surface area contributed by atoms with Crippen molar-refractivity contribution in [3.8, 4) is 0 Å². The van der Waals surface area contributed by atoms with Gasteiger partial charge in [-0.15, -0.1) is 0 Å². The SMILES string of the molecule is Cn1cc(NC(=O)c2cccc(N3CC4(CCNC4)NC3=O)n2)c(N2CCC(C)(C)C2=O)n1. The maximum Gasteiger partial charge on any atom is 0.323 e. The lowest BCUT2D eigenvalue weighted by Gasteiger charge is -2.21. The van der Waals surface area contributed by atoms with Crippen LogP contribution in [0.2, 0.25) is 0 Å². The summed E-state index contributed by atoms with van der Waals surface area (Å²) in [7, 11) is 1.74. The first-order valence-corrected chi connectivity index (χ1v) is 11.1. The summed E-state index contributed by atoms with van der Waals surface area (Å²) in [5, 5.41) is 13.6. The Hall–Kier alpha value is -3.47. The average molecular weight is 453 g/mol. The fraction of sp³-hybridized carbons (Fsp3) is 0.500. The molecule has 11 heteroatoms. The molecule has 0 aliphatic carbocycles. The number of hydrogen-bond donors (Lipinski definition) is 3. The van der Waals surface area contributed by atoms with E-state index in [0.717, 1.165) is 13.0 Å². The largest absolute Gasteiger partial charge is 0.329 e. The third-order valence-corrected chi connectivity index (χ3v) is 6.66. The van der Waals surface area contributed by atoms with Crippen molar-refractivity contribution in [2.75, 3.05) is 41.3 Å². The van der Waals surface area contributed by atoms with E-state index in [1.54, 1.807) is 45.9 Å². The second kappa shape index (κ2) is 7.55. The zero-order chi connectivity index (χ0) is 23.4. The topological polar surface area (TPSA) is 124 Å². The highest BCUT2D eigenvalue weighted by molar-refractivity contribution is 6.07. The molecule has 3 N–H and O–H groups in total. The van der Waals surface area contributed by atoms with Crippen LogP contribution in [0.5, 0.6) is 0 Å². The predicted molar refractivity (Wildman–Crippen MR) is 122 cm³/mol. The van der Waals surface area contributed by atoms with Crippen LogP contribution in [0.25, 0.3) is 0 Å². The molecular formula is C22H28N8O3.